The largest absolute Gasteiger partial charge is 0.606 e. The minimum absolute atomic E-state index is 0.694. The molecular formula is C25H21NO2S. The van der Waals surface area contributed by atoms with Crippen LogP contribution in [0.25, 0.3) is 11.0 Å². The fourth-order valence-corrected chi connectivity index (χ4v) is 6.26. The number of aryl methyl sites for hydroxylation is 1. The summed E-state index contributed by atoms with van der Waals surface area (Å²) in [6, 6.07) is 20.3. The van der Waals surface area contributed by atoms with Crippen LogP contribution in [-0.2, 0) is 24.0 Å². The third kappa shape index (κ3) is 2.42. The summed E-state index contributed by atoms with van der Waals surface area (Å²) in [4.78, 5) is 3.83. The van der Waals surface area contributed by atoms with Crippen molar-refractivity contribution in [3.63, 3.8) is 0 Å². The van der Waals surface area contributed by atoms with Crippen LogP contribution in [0.5, 0.6) is 0 Å². The molecule has 0 saturated carbocycles. The zero-order chi connectivity index (χ0) is 19.5. The van der Waals surface area contributed by atoms with Gasteiger partial charge in [0.2, 0.25) is 4.90 Å². The molecule has 1 aliphatic carbocycles. The molecule has 4 heteroatoms. The van der Waals surface area contributed by atoms with E-state index in [2.05, 4.69) is 30.0 Å². The fraction of sp³-hybridized carbons (Fsp3) is 0.200. The van der Waals surface area contributed by atoms with Crippen LogP contribution in [0.1, 0.15) is 29.5 Å². The van der Waals surface area contributed by atoms with Gasteiger partial charge in [-0.3, -0.25) is 4.90 Å². The Kier molecular flexibility index (Phi) is 3.80. The van der Waals surface area contributed by atoms with Crippen molar-refractivity contribution < 1.29 is 8.97 Å². The molecule has 1 aromatic heterocycles. The summed E-state index contributed by atoms with van der Waals surface area (Å²) < 4.78 is 19.9. The monoisotopic (exact) mass is 399 g/mol. The fourth-order valence-electron chi connectivity index (χ4n) is 4.83. The second kappa shape index (κ2) is 6.41. The van der Waals surface area contributed by atoms with E-state index in [1.165, 1.54) is 29.5 Å². The van der Waals surface area contributed by atoms with Gasteiger partial charge in [0.05, 0.1) is 11.1 Å². The molecule has 0 saturated heterocycles. The van der Waals surface area contributed by atoms with Gasteiger partial charge >= 0.3 is 0 Å². The Morgan fingerprint density at radius 2 is 1.62 bits per heavy atom. The molecule has 144 valence electrons. The molecule has 0 amide bonds. The zero-order valence-corrected chi connectivity index (χ0v) is 17.1. The second-order valence-electron chi connectivity index (χ2n) is 7.87. The summed E-state index contributed by atoms with van der Waals surface area (Å²) in [5.41, 5.74) is 7.14. The van der Waals surface area contributed by atoms with E-state index >= 15 is 0 Å². The second-order valence-corrected chi connectivity index (χ2v) is 9.26. The SMILES string of the molecule is Cc1ccc(N2c3ccccc3[S+]([O-])c3c2oc2ccccc32)c2c1CCCC2. The van der Waals surface area contributed by atoms with Crippen LogP contribution in [0.4, 0.5) is 17.3 Å². The van der Waals surface area contributed by atoms with Gasteiger partial charge in [0.25, 0.3) is 5.88 Å². The van der Waals surface area contributed by atoms with Crippen LogP contribution in [0.2, 0.25) is 0 Å². The van der Waals surface area contributed by atoms with E-state index < -0.39 is 11.2 Å². The molecule has 0 fully saturated rings. The van der Waals surface area contributed by atoms with E-state index in [1.54, 1.807) is 0 Å². The van der Waals surface area contributed by atoms with Gasteiger partial charge in [-0.25, -0.2) is 0 Å². The molecule has 0 spiro atoms. The summed E-state index contributed by atoms with van der Waals surface area (Å²) in [5, 5.41) is 0.932. The maximum Gasteiger partial charge on any atom is 0.263 e. The van der Waals surface area contributed by atoms with E-state index in [9.17, 15) is 4.55 Å². The Bertz CT molecular complexity index is 1260. The Balaban J connectivity index is 1.69. The quantitative estimate of drug-likeness (QED) is 0.340. The average Bonchev–Trinajstić information content (AvgIpc) is 3.15. The summed E-state index contributed by atoms with van der Waals surface area (Å²) in [7, 11) is 0. The number of para-hydroxylation sites is 2. The molecule has 0 N–H and O–H groups in total. The lowest BCUT2D eigenvalue weighted by Crippen LogP contribution is -2.23. The van der Waals surface area contributed by atoms with Crippen molar-refractivity contribution in [2.75, 3.05) is 4.90 Å². The first-order chi connectivity index (χ1) is 14.2. The topological polar surface area (TPSA) is 39.4 Å². The van der Waals surface area contributed by atoms with Crippen molar-refractivity contribution in [3.8, 4) is 0 Å². The molecule has 1 unspecified atom stereocenters. The molecule has 0 bridgehead atoms. The summed E-state index contributed by atoms with van der Waals surface area (Å²) >= 11 is -1.27. The predicted octanol–water partition coefficient (Wildman–Crippen LogP) is 6.57. The first kappa shape index (κ1) is 17.2. The number of anilines is 3. The molecule has 3 nitrogen and oxygen atoms in total. The normalized spacial score (nSPS) is 17.7. The van der Waals surface area contributed by atoms with E-state index in [4.69, 9.17) is 4.42 Å². The lowest BCUT2D eigenvalue weighted by atomic mass is 9.87. The lowest BCUT2D eigenvalue weighted by molar-refractivity contribution is 0.579. The average molecular weight is 400 g/mol. The smallest absolute Gasteiger partial charge is 0.263 e. The van der Waals surface area contributed by atoms with Crippen molar-refractivity contribution in [2.24, 2.45) is 0 Å². The van der Waals surface area contributed by atoms with Crippen LogP contribution in [-0.4, -0.2) is 4.55 Å². The number of benzene rings is 3. The van der Waals surface area contributed by atoms with Gasteiger partial charge in [-0.1, -0.05) is 30.3 Å². The molecule has 3 aromatic carbocycles. The van der Waals surface area contributed by atoms with E-state index in [-0.39, 0.29) is 0 Å². The van der Waals surface area contributed by atoms with Gasteiger partial charge < -0.3 is 8.97 Å². The Morgan fingerprint density at radius 3 is 2.52 bits per heavy atom. The lowest BCUT2D eigenvalue weighted by Gasteiger charge is -2.33. The minimum atomic E-state index is -1.27. The van der Waals surface area contributed by atoms with Crippen LogP contribution in [0.15, 0.2) is 74.9 Å². The van der Waals surface area contributed by atoms with Crippen molar-refractivity contribution in [1.29, 1.82) is 0 Å². The molecule has 2 heterocycles. The number of hydrogen-bond donors (Lipinski definition) is 0. The number of fused-ring (bicyclic) bond motifs is 5. The highest BCUT2D eigenvalue weighted by Gasteiger charge is 2.40. The minimum Gasteiger partial charge on any atom is -0.606 e. The molecule has 4 aromatic rings. The Hall–Kier alpha value is -2.69. The molecule has 2 aliphatic rings. The van der Waals surface area contributed by atoms with Crippen molar-refractivity contribution in [1.82, 2.24) is 0 Å². The number of nitrogens with zero attached hydrogens (tertiary/aromatic N) is 1. The third-order valence-corrected chi connectivity index (χ3v) is 7.72. The first-order valence-electron chi connectivity index (χ1n) is 10.2. The van der Waals surface area contributed by atoms with Gasteiger partial charge in [0.1, 0.15) is 11.3 Å². The van der Waals surface area contributed by atoms with Gasteiger partial charge in [0.15, 0.2) is 4.90 Å². The van der Waals surface area contributed by atoms with Crippen LogP contribution < -0.4 is 4.90 Å². The highest BCUT2D eigenvalue weighted by atomic mass is 32.2. The summed E-state index contributed by atoms with van der Waals surface area (Å²) in [6.07, 6.45) is 4.65. The summed E-state index contributed by atoms with van der Waals surface area (Å²) in [6.45, 7) is 2.21. The Labute approximate surface area is 173 Å². The maximum atomic E-state index is 13.5. The van der Waals surface area contributed by atoms with Gasteiger partial charge in [-0.05, 0) is 79.6 Å². The van der Waals surface area contributed by atoms with Gasteiger partial charge in [0, 0.05) is 11.2 Å². The van der Waals surface area contributed by atoms with Crippen LogP contribution in [0.3, 0.4) is 0 Å². The summed E-state index contributed by atoms with van der Waals surface area (Å²) in [5.74, 6) is 0.694. The van der Waals surface area contributed by atoms with E-state index in [0.29, 0.717) is 5.88 Å². The molecule has 29 heavy (non-hydrogen) atoms. The van der Waals surface area contributed by atoms with Crippen LogP contribution in [0, 0.1) is 6.92 Å². The standard InChI is InChI=1S/C25H21NO2S/c1-16-14-15-20(18-9-3-2-8-17(16)18)26-21-11-5-7-13-23(21)29(27)24-19-10-4-6-12-22(19)28-25(24)26/h4-7,10-15H,2-3,8-9H2,1H3. The highest BCUT2D eigenvalue weighted by Crippen LogP contribution is 2.53. The third-order valence-electron chi connectivity index (χ3n) is 6.21. The van der Waals surface area contributed by atoms with Crippen molar-refractivity contribution in [3.05, 3.63) is 77.4 Å². The molecule has 1 atom stereocenters. The van der Waals surface area contributed by atoms with E-state index in [1.807, 2.05) is 42.5 Å². The molecule has 0 radical (unpaired) electrons. The first-order valence-corrected chi connectivity index (χ1v) is 11.3. The predicted molar refractivity (Wildman–Crippen MR) is 117 cm³/mol. The maximum absolute atomic E-state index is 13.5. The highest BCUT2D eigenvalue weighted by molar-refractivity contribution is 7.92. The molecule has 1 aliphatic heterocycles. The number of rotatable bonds is 1. The number of furan rings is 1. The van der Waals surface area contributed by atoms with Crippen LogP contribution >= 0.6 is 0 Å². The van der Waals surface area contributed by atoms with Gasteiger partial charge in [-0.2, -0.15) is 0 Å². The van der Waals surface area contributed by atoms with Gasteiger partial charge in [-0.15, -0.1) is 0 Å². The molecule has 6 rings (SSSR count). The Morgan fingerprint density at radius 1 is 0.862 bits per heavy atom. The number of hydrogen-bond acceptors (Lipinski definition) is 3. The van der Waals surface area contributed by atoms with Crippen molar-refractivity contribution in [2.45, 2.75) is 42.4 Å². The van der Waals surface area contributed by atoms with E-state index in [0.717, 1.165) is 45.0 Å². The van der Waals surface area contributed by atoms with Crippen molar-refractivity contribution >= 4 is 39.4 Å². The molecular weight excluding hydrogens is 378 g/mol. The zero-order valence-electron chi connectivity index (χ0n) is 16.3.